The number of hydrogen-bond donors (Lipinski definition) is 1. The average Bonchev–Trinajstić information content (AvgIpc) is 1.65. The van der Waals surface area contributed by atoms with E-state index in [4.69, 9.17) is 5.73 Å². The van der Waals surface area contributed by atoms with E-state index in [2.05, 4.69) is 0 Å². The van der Waals surface area contributed by atoms with Crippen LogP contribution in [0.25, 0.3) is 0 Å². The number of thioether (sulfide) groups is 1. The summed E-state index contributed by atoms with van der Waals surface area (Å²) in [6.07, 6.45) is 1.78. The molecule has 0 rings (SSSR count). The topological polar surface area (TPSA) is 43.1 Å². The van der Waals surface area contributed by atoms with Crippen molar-refractivity contribution in [3.8, 4) is 0 Å². The van der Waals surface area contributed by atoms with E-state index in [0.29, 0.717) is 0 Å². The zero-order chi connectivity index (χ0) is 6.57. The Bertz CT molecular complexity index is 84.5. The summed E-state index contributed by atoms with van der Waals surface area (Å²) in [5.74, 6) is 0. The van der Waals surface area contributed by atoms with E-state index in [9.17, 15) is 4.79 Å². The third-order valence-corrected chi connectivity index (χ3v) is 1.51. The molecule has 0 bridgehead atoms. The predicted octanol–water partition coefficient (Wildman–Crippen LogP) is 0.775. The molecule has 1 radical (unpaired) electrons. The van der Waals surface area contributed by atoms with E-state index in [1.165, 1.54) is 6.92 Å². The molecule has 0 aliphatic rings. The molecule has 0 saturated carbocycles. The minimum absolute atomic E-state index is 0.0654. The van der Waals surface area contributed by atoms with Crippen LogP contribution in [-0.4, -0.2) is 10.5 Å². The fourth-order valence-corrected chi connectivity index (χ4v) is 0.779. The van der Waals surface area contributed by atoms with Crippen LogP contribution in [0.4, 0.5) is 0 Å². The second kappa shape index (κ2) is 3.92. The highest BCUT2D eigenvalue weighted by Crippen LogP contribution is 2.07. The summed E-state index contributed by atoms with van der Waals surface area (Å²) in [5, 5.41) is -0.0666. The first-order chi connectivity index (χ1) is 3.66. The van der Waals surface area contributed by atoms with Gasteiger partial charge in [-0.1, -0.05) is 18.7 Å². The summed E-state index contributed by atoms with van der Waals surface area (Å²) in [5.41, 5.74) is 5.36. The molecule has 3 heteroatoms. The van der Waals surface area contributed by atoms with E-state index in [1.807, 2.05) is 6.92 Å². The van der Waals surface area contributed by atoms with Crippen LogP contribution >= 0.6 is 11.8 Å². The molecule has 0 aliphatic heterocycles. The predicted molar refractivity (Wildman–Crippen MR) is 36.2 cm³/mol. The molecule has 0 heterocycles. The van der Waals surface area contributed by atoms with Crippen molar-refractivity contribution in [3.05, 3.63) is 6.42 Å². The van der Waals surface area contributed by atoms with Crippen molar-refractivity contribution in [2.45, 2.75) is 19.2 Å². The van der Waals surface area contributed by atoms with Crippen LogP contribution in [0.5, 0.6) is 0 Å². The molecule has 0 fully saturated rings. The van der Waals surface area contributed by atoms with Gasteiger partial charge in [-0.2, -0.15) is 0 Å². The lowest BCUT2D eigenvalue weighted by molar-refractivity contribution is -0.109. The highest BCUT2D eigenvalue weighted by Gasteiger charge is 2.01. The summed E-state index contributed by atoms with van der Waals surface area (Å²) in [6.45, 7) is 3.34. The highest BCUT2D eigenvalue weighted by atomic mass is 32.2. The first-order valence-electron chi connectivity index (χ1n) is 2.39. The maximum Gasteiger partial charge on any atom is 0.187 e. The normalized spacial score (nSPS) is 13.4. The minimum Gasteiger partial charge on any atom is -0.319 e. The van der Waals surface area contributed by atoms with Crippen molar-refractivity contribution in [2.24, 2.45) is 5.73 Å². The molecule has 0 aromatic rings. The number of carbonyl (C=O) groups is 1. The molecule has 47 valence electrons. The zero-order valence-corrected chi connectivity index (χ0v) is 5.87. The van der Waals surface area contributed by atoms with Crippen molar-refractivity contribution in [2.75, 3.05) is 0 Å². The number of carbonyl (C=O) groups excluding carboxylic acids is 1. The Kier molecular flexibility index (Phi) is 3.91. The fraction of sp³-hybridized carbons (Fsp3) is 0.600. The van der Waals surface area contributed by atoms with Gasteiger partial charge in [-0.3, -0.25) is 4.79 Å². The maximum absolute atomic E-state index is 10.3. The molecule has 0 aromatic carbocycles. The molecule has 1 unspecified atom stereocenters. The number of nitrogens with two attached hydrogens (primary N) is 1. The van der Waals surface area contributed by atoms with Gasteiger partial charge < -0.3 is 5.73 Å². The van der Waals surface area contributed by atoms with Crippen LogP contribution in [-0.2, 0) is 4.79 Å². The van der Waals surface area contributed by atoms with Gasteiger partial charge in [-0.15, -0.1) is 0 Å². The Morgan fingerprint density at radius 3 is 2.50 bits per heavy atom. The average molecular weight is 132 g/mol. The van der Waals surface area contributed by atoms with Crippen molar-refractivity contribution < 1.29 is 4.79 Å². The van der Waals surface area contributed by atoms with Gasteiger partial charge in [-0.05, 0) is 6.42 Å². The quantitative estimate of drug-likeness (QED) is 0.564. The zero-order valence-electron chi connectivity index (χ0n) is 5.05. The minimum atomic E-state index is -0.132. The van der Waals surface area contributed by atoms with Crippen molar-refractivity contribution in [3.63, 3.8) is 0 Å². The Morgan fingerprint density at radius 1 is 1.88 bits per heavy atom. The van der Waals surface area contributed by atoms with E-state index in [0.717, 1.165) is 11.8 Å². The maximum atomic E-state index is 10.3. The Labute approximate surface area is 53.8 Å². The lowest BCUT2D eigenvalue weighted by atomic mass is 10.5. The van der Waals surface area contributed by atoms with Gasteiger partial charge in [0.1, 0.15) is 0 Å². The Balaban J connectivity index is 3.24. The molecule has 1 atom stereocenters. The third kappa shape index (κ3) is 4.15. The Hall–Kier alpha value is -0.0200. The van der Waals surface area contributed by atoms with Crippen molar-refractivity contribution in [1.82, 2.24) is 0 Å². The molecule has 0 aromatic heterocycles. The van der Waals surface area contributed by atoms with Crippen LogP contribution in [0, 0.1) is 6.42 Å². The van der Waals surface area contributed by atoms with Gasteiger partial charge in [0, 0.05) is 6.92 Å². The largest absolute Gasteiger partial charge is 0.319 e. The first-order valence-corrected chi connectivity index (χ1v) is 3.27. The van der Waals surface area contributed by atoms with Gasteiger partial charge in [0.05, 0.1) is 5.37 Å². The molecular weight excluding hydrogens is 122 g/mol. The molecule has 8 heavy (non-hydrogen) atoms. The van der Waals surface area contributed by atoms with Crippen molar-refractivity contribution >= 4 is 16.9 Å². The summed E-state index contributed by atoms with van der Waals surface area (Å²) in [6, 6.07) is 0. The molecule has 2 N–H and O–H groups in total. The van der Waals surface area contributed by atoms with E-state index in [1.54, 1.807) is 6.42 Å². The molecule has 0 amide bonds. The van der Waals surface area contributed by atoms with Crippen LogP contribution in [0.2, 0.25) is 0 Å². The SMILES string of the molecule is C[CH]C(N)SC(C)=O. The lowest BCUT2D eigenvalue weighted by Gasteiger charge is -2.01. The smallest absolute Gasteiger partial charge is 0.187 e. The van der Waals surface area contributed by atoms with E-state index >= 15 is 0 Å². The molecular formula is C5H10NOS. The Morgan fingerprint density at radius 2 is 2.38 bits per heavy atom. The molecule has 0 saturated heterocycles. The summed E-state index contributed by atoms with van der Waals surface area (Å²) in [4.78, 5) is 10.3. The van der Waals surface area contributed by atoms with E-state index in [-0.39, 0.29) is 10.5 Å². The van der Waals surface area contributed by atoms with Gasteiger partial charge in [0.2, 0.25) is 0 Å². The molecule has 0 aliphatic carbocycles. The highest BCUT2D eigenvalue weighted by molar-refractivity contribution is 8.14. The van der Waals surface area contributed by atoms with Gasteiger partial charge in [0.25, 0.3) is 0 Å². The summed E-state index contributed by atoms with van der Waals surface area (Å²) < 4.78 is 0. The number of rotatable bonds is 2. The van der Waals surface area contributed by atoms with Crippen LogP contribution < -0.4 is 5.73 Å². The summed E-state index contributed by atoms with van der Waals surface area (Å²) >= 11 is 1.14. The lowest BCUT2D eigenvalue weighted by Crippen LogP contribution is -2.15. The number of hydrogen-bond acceptors (Lipinski definition) is 3. The second-order valence-corrected chi connectivity index (χ2v) is 2.76. The van der Waals surface area contributed by atoms with Crippen molar-refractivity contribution in [1.29, 1.82) is 0 Å². The van der Waals surface area contributed by atoms with Crippen LogP contribution in [0.1, 0.15) is 13.8 Å². The van der Waals surface area contributed by atoms with Crippen LogP contribution in [0.15, 0.2) is 0 Å². The summed E-state index contributed by atoms with van der Waals surface area (Å²) in [7, 11) is 0. The monoisotopic (exact) mass is 132 g/mol. The van der Waals surface area contributed by atoms with Gasteiger partial charge in [-0.25, -0.2) is 0 Å². The van der Waals surface area contributed by atoms with Gasteiger partial charge in [0.15, 0.2) is 5.12 Å². The third-order valence-electron chi connectivity index (χ3n) is 0.631. The van der Waals surface area contributed by atoms with Gasteiger partial charge >= 0.3 is 0 Å². The van der Waals surface area contributed by atoms with Crippen LogP contribution in [0.3, 0.4) is 0 Å². The second-order valence-electron chi connectivity index (χ2n) is 1.41. The fourth-order valence-electron chi connectivity index (χ4n) is 0.260. The molecule has 0 spiro atoms. The standard InChI is InChI=1S/C5H10NOS/c1-3-5(6)8-4(2)7/h3,5H,6H2,1-2H3. The molecule has 2 nitrogen and oxygen atoms in total. The van der Waals surface area contributed by atoms with E-state index < -0.39 is 0 Å². The first kappa shape index (κ1) is 7.98.